The summed E-state index contributed by atoms with van der Waals surface area (Å²) in [4.78, 5) is 20.5. The maximum absolute atomic E-state index is 11.7. The van der Waals surface area contributed by atoms with E-state index < -0.39 is 14.4 Å². The molecule has 1 amide bonds. The zero-order valence-corrected chi connectivity index (χ0v) is 35.6. The molecule has 0 bridgehead atoms. The van der Waals surface area contributed by atoms with Gasteiger partial charge in [0.1, 0.15) is 0 Å². The van der Waals surface area contributed by atoms with E-state index in [2.05, 4.69) is 152 Å². The molecule has 3 heterocycles. The highest BCUT2D eigenvalue weighted by molar-refractivity contribution is 9.10. The number of ether oxygens (including phenoxy) is 1. The summed E-state index contributed by atoms with van der Waals surface area (Å²) in [5.74, 6) is 0. The molecule has 54 heavy (non-hydrogen) atoms. The first-order valence-electron chi connectivity index (χ1n) is 19.0. The highest BCUT2D eigenvalue weighted by Crippen LogP contribution is 2.44. The third-order valence-electron chi connectivity index (χ3n) is 11.0. The fourth-order valence-corrected chi connectivity index (χ4v) is 13.3. The average Bonchev–Trinajstić information content (AvgIpc) is 3.45. The summed E-state index contributed by atoms with van der Waals surface area (Å²) in [5.41, 5.74) is 6.20. The van der Waals surface area contributed by atoms with E-state index in [9.17, 15) is 9.90 Å². The van der Waals surface area contributed by atoms with Crippen molar-refractivity contribution < 1.29 is 19.1 Å². The number of carboxylic acid groups (broad SMARTS) is 1. The Morgan fingerprint density at radius 2 is 1.54 bits per heavy atom. The second-order valence-corrected chi connectivity index (χ2v) is 21.5. The molecular formula is C44H55BrN4O4Si. The number of aryl methyl sites for hydroxylation is 1. The van der Waals surface area contributed by atoms with Crippen LogP contribution in [0, 0.1) is 5.41 Å². The summed E-state index contributed by atoms with van der Waals surface area (Å²) in [5, 5.41) is 13.2. The highest BCUT2D eigenvalue weighted by atomic mass is 79.9. The second-order valence-electron chi connectivity index (χ2n) is 16.3. The van der Waals surface area contributed by atoms with Crippen LogP contribution in [0.4, 0.5) is 10.5 Å². The number of anilines is 1. The number of carbonyl (C=O) groups is 1. The van der Waals surface area contributed by atoms with Gasteiger partial charge in [0.05, 0.1) is 29.4 Å². The van der Waals surface area contributed by atoms with Gasteiger partial charge in [-0.15, -0.1) is 0 Å². The topological polar surface area (TPSA) is 80.1 Å². The zero-order valence-electron chi connectivity index (χ0n) is 33.0. The lowest BCUT2D eigenvalue weighted by Gasteiger charge is -2.44. The van der Waals surface area contributed by atoms with Gasteiger partial charge in [-0.25, -0.2) is 4.79 Å². The Hall–Kier alpha value is -3.96. The van der Waals surface area contributed by atoms with Gasteiger partial charge in [-0.3, -0.25) is 4.98 Å². The van der Waals surface area contributed by atoms with Crippen molar-refractivity contribution in [2.24, 2.45) is 5.41 Å². The summed E-state index contributed by atoms with van der Waals surface area (Å²) < 4.78 is 17.0. The number of rotatable bonds is 12. The predicted molar refractivity (Wildman–Crippen MR) is 227 cm³/mol. The number of halogens is 1. The molecule has 6 rings (SSSR count). The summed E-state index contributed by atoms with van der Waals surface area (Å²) >= 11 is 3.80. The number of aromatic nitrogens is 2. The Morgan fingerprint density at radius 3 is 2.07 bits per heavy atom. The first-order chi connectivity index (χ1) is 25.7. The largest absolute Gasteiger partial charge is 0.465 e. The first-order valence-corrected chi connectivity index (χ1v) is 21.7. The molecule has 286 valence electrons. The van der Waals surface area contributed by atoms with E-state index in [-0.39, 0.29) is 16.6 Å². The highest BCUT2D eigenvalue weighted by Gasteiger charge is 2.51. The van der Waals surface area contributed by atoms with E-state index in [0.29, 0.717) is 32.8 Å². The Morgan fingerprint density at radius 1 is 0.926 bits per heavy atom. The van der Waals surface area contributed by atoms with Crippen LogP contribution in [0.25, 0.3) is 22.2 Å². The maximum Gasteiger partial charge on any atom is 0.407 e. The quantitative estimate of drug-likeness (QED) is 0.127. The van der Waals surface area contributed by atoms with Crippen molar-refractivity contribution >= 4 is 57.3 Å². The van der Waals surface area contributed by atoms with E-state index in [0.717, 1.165) is 40.1 Å². The summed E-state index contributed by atoms with van der Waals surface area (Å²) in [6.07, 6.45) is 1.57. The van der Waals surface area contributed by atoms with Crippen molar-refractivity contribution in [3.8, 4) is 11.3 Å². The number of fused-ring (bicyclic) bond motifs is 1. The van der Waals surface area contributed by atoms with Crippen molar-refractivity contribution in [2.75, 3.05) is 44.8 Å². The third-order valence-corrected chi connectivity index (χ3v) is 16.5. The molecule has 8 nitrogen and oxygen atoms in total. The van der Waals surface area contributed by atoms with Crippen LogP contribution in [0.2, 0.25) is 5.04 Å². The lowest BCUT2D eigenvalue weighted by molar-refractivity contribution is 0.116. The minimum absolute atomic E-state index is 0.132. The van der Waals surface area contributed by atoms with Gasteiger partial charge in [-0.05, 0) is 70.9 Å². The van der Waals surface area contributed by atoms with Crippen LogP contribution in [0.3, 0.4) is 0 Å². The Kier molecular flexibility index (Phi) is 11.8. The van der Waals surface area contributed by atoms with Crippen LogP contribution in [-0.2, 0) is 22.1 Å². The molecule has 0 saturated carbocycles. The van der Waals surface area contributed by atoms with E-state index in [1.54, 1.807) is 7.11 Å². The van der Waals surface area contributed by atoms with Gasteiger partial charge >= 0.3 is 6.09 Å². The molecule has 3 aromatic carbocycles. The summed E-state index contributed by atoms with van der Waals surface area (Å²) in [6.45, 7) is 19.4. The van der Waals surface area contributed by atoms with Gasteiger partial charge in [0, 0.05) is 67.4 Å². The predicted octanol–water partition coefficient (Wildman–Crippen LogP) is 9.14. The van der Waals surface area contributed by atoms with E-state index in [4.69, 9.17) is 14.1 Å². The van der Waals surface area contributed by atoms with Crippen molar-refractivity contribution in [3.63, 3.8) is 0 Å². The summed E-state index contributed by atoms with van der Waals surface area (Å²) in [7, 11) is -1.04. The van der Waals surface area contributed by atoms with Gasteiger partial charge in [0.2, 0.25) is 0 Å². The molecule has 1 unspecified atom stereocenters. The van der Waals surface area contributed by atoms with Crippen LogP contribution >= 0.6 is 15.9 Å². The van der Waals surface area contributed by atoms with E-state index in [1.165, 1.54) is 31.7 Å². The SMILES string of the molecule is CCn1c(-c2cc(N3CCN(C(=O)O)CC3)cnc2C(C)OC)c(CC(C)(C)CO[Si](c2ccccc2)(c2ccccc2)C(C)(C)C)c2cc(Br)ccc21. The Labute approximate surface area is 330 Å². The van der Waals surface area contributed by atoms with Crippen molar-refractivity contribution in [3.05, 3.63) is 107 Å². The molecule has 0 spiro atoms. The molecule has 5 aromatic rings. The number of hydrogen-bond acceptors (Lipinski definition) is 5. The lowest BCUT2D eigenvalue weighted by atomic mass is 9.84. The average molecular weight is 812 g/mol. The Bertz CT molecular complexity index is 2030. The van der Waals surface area contributed by atoms with Crippen LogP contribution in [-0.4, -0.2) is 73.9 Å². The van der Waals surface area contributed by atoms with Crippen LogP contribution < -0.4 is 15.3 Å². The fraction of sp³-hybridized carbons (Fsp3) is 0.409. The Balaban J connectivity index is 1.48. The third kappa shape index (κ3) is 7.76. The number of pyridine rings is 1. The molecule has 1 aliphatic heterocycles. The molecule has 2 aromatic heterocycles. The van der Waals surface area contributed by atoms with Crippen molar-refractivity contribution in [1.29, 1.82) is 0 Å². The monoisotopic (exact) mass is 810 g/mol. The van der Waals surface area contributed by atoms with E-state index in [1.807, 2.05) is 13.1 Å². The van der Waals surface area contributed by atoms with Crippen molar-refractivity contribution in [2.45, 2.75) is 72.6 Å². The molecule has 1 atom stereocenters. The summed E-state index contributed by atoms with van der Waals surface area (Å²) in [6, 6.07) is 30.6. The number of amides is 1. The number of benzene rings is 3. The number of nitrogens with zero attached hydrogens (tertiary/aromatic N) is 4. The van der Waals surface area contributed by atoms with Gasteiger partial charge in [-0.2, -0.15) is 0 Å². The smallest absolute Gasteiger partial charge is 0.407 e. The molecule has 10 heteroatoms. The number of methoxy groups -OCH3 is 1. The van der Waals surface area contributed by atoms with Crippen LogP contribution in [0.15, 0.2) is 95.6 Å². The number of piperazine rings is 1. The molecule has 1 saturated heterocycles. The normalized spacial score (nSPS) is 14.8. The van der Waals surface area contributed by atoms with Gasteiger partial charge < -0.3 is 28.6 Å². The minimum atomic E-state index is -2.77. The second kappa shape index (κ2) is 16.0. The molecule has 1 aliphatic rings. The van der Waals surface area contributed by atoms with E-state index >= 15 is 0 Å². The first kappa shape index (κ1) is 39.7. The maximum atomic E-state index is 11.7. The van der Waals surface area contributed by atoms with Crippen molar-refractivity contribution in [1.82, 2.24) is 14.5 Å². The number of hydrogen-bond donors (Lipinski definition) is 1. The molecule has 0 radical (unpaired) electrons. The van der Waals surface area contributed by atoms with Crippen LogP contribution in [0.5, 0.6) is 0 Å². The molecule has 0 aliphatic carbocycles. The van der Waals surface area contributed by atoms with Gasteiger partial charge in [0.25, 0.3) is 8.32 Å². The molecule has 1 fully saturated rings. The zero-order chi connectivity index (χ0) is 38.8. The fourth-order valence-electron chi connectivity index (χ4n) is 8.22. The molecule has 1 N–H and O–H groups in total. The van der Waals surface area contributed by atoms with Gasteiger partial charge in [-0.1, -0.05) is 111 Å². The lowest BCUT2D eigenvalue weighted by Crippen LogP contribution is -2.67. The molecular weight excluding hydrogens is 756 g/mol. The minimum Gasteiger partial charge on any atom is -0.465 e. The standard InChI is InChI=1S/C44H55BrN4O4Si/c1-9-49-39-21-20-32(45)26-36(39)38(41(49)37-27-33(29-46-40(37)31(2)52-8)47-22-24-48(25-23-47)42(50)51)28-44(6,7)30-53-54(43(3,4)5,34-16-12-10-13-17-34)35-18-14-11-15-19-35/h10-21,26-27,29,31H,9,22-25,28,30H2,1-8H3,(H,50,51). The van der Waals surface area contributed by atoms with Gasteiger partial charge in [0.15, 0.2) is 0 Å². The van der Waals surface area contributed by atoms with Crippen LogP contribution in [0.1, 0.15) is 65.8 Å².